The average molecular weight is 248 g/mol. The largest absolute Gasteiger partial charge is 0.480 e. The number of carboxylic acid groups (broad SMARTS) is 1. The summed E-state index contributed by atoms with van der Waals surface area (Å²) in [6.07, 6.45) is 0. The Bertz CT molecular complexity index is 444. The molecule has 0 bridgehead atoms. The number of hydrogen-bond acceptors (Lipinski definition) is 4. The predicted octanol–water partition coefficient (Wildman–Crippen LogP) is 1.41. The summed E-state index contributed by atoms with van der Waals surface area (Å²) < 4.78 is 0. The van der Waals surface area contributed by atoms with Gasteiger partial charge in [-0.05, 0) is 5.56 Å². The van der Waals surface area contributed by atoms with E-state index in [-0.39, 0.29) is 11.3 Å². The lowest BCUT2D eigenvalue weighted by Gasteiger charge is -2.17. The van der Waals surface area contributed by atoms with Gasteiger partial charge in [0, 0.05) is 5.75 Å². The van der Waals surface area contributed by atoms with Crippen molar-refractivity contribution < 1.29 is 9.90 Å². The third-order valence-electron chi connectivity index (χ3n) is 2.71. The van der Waals surface area contributed by atoms with Gasteiger partial charge >= 0.3 is 5.97 Å². The van der Waals surface area contributed by atoms with Crippen molar-refractivity contribution in [3.05, 3.63) is 35.9 Å². The SMILES string of the molecule is N#CC(c1ccccc1)C1NC(C(=O)O)CS1. The van der Waals surface area contributed by atoms with Crippen molar-refractivity contribution in [3.63, 3.8) is 0 Å². The zero-order valence-electron chi connectivity index (χ0n) is 9.04. The van der Waals surface area contributed by atoms with E-state index >= 15 is 0 Å². The zero-order chi connectivity index (χ0) is 12.3. The molecule has 88 valence electrons. The molecule has 17 heavy (non-hydrogen) atoms. The Labute approximate surface area is 104 Å². The zero-order valence-corrected chi connectivity index (χ0v) is 9.85. The molecular formula is C12H12N2O2S. The van der Waals surface area contributed by atoms with Crippen molar-refractivity contribution in [3.8, 4) is 6.07 Å². The van der Waals surface area contributed by atoms with Crippen molar-refractivity contribution in [1.82, 2.24) is 5.32 Å². The van der Waals surface area contributed by atoms with E-state index < -0.39 is 12.0 Å². The molecule has 3 atom stereocenters. The van der Waals surface area contributed by atoms with Gasteiger partial charge in [0.25, 0.3) is 0 Å². The summed E-state index contributed by atoms with van der Waals surface area (Å²) in [6.45, 7) is 0. The van der Waals surface area contributed by atoms with Crippen LogP contribution >= 0.6 is 11.8 Å². The molecule has 1 aliphatic heterocycles. The Hall–Kier alpha value is -1.51. The van der Waals surface area contributed by atoms with Crippen molar-refractivity contribution in [2.45, 2.75) is 17.3 Å². The van der Waals surface area contributed by atoms with Gasteiger partial charge in [-0.25, -0.2) is 0 Å². The van der Waals surface area contributed by atoms with E-state index in [4.69, 9.17) is 5.11 Å². The quantitative estimate of drug-likeness (QED) is 0.846. The molecular weight excluding hydrogens is 236 g/mol. The molecule has 0 amide bonds. The van der Waals surface area contributed by atoms with Gasteiger partial charge < -0.3 is 5.11 Å². The van der Waals surface area contributed by atoms with Gasteiger partial charge in [-0.3, -0.25) is 10.1 Å². The smallest absolute Gasteiger partial charge is 0.321 e. The fourth-order valence-electron chi connectivity index (χ4n) is 1.81. The summed E-state index contributed by atoms with van der Waals surface area (Å²) in [5.74, 6) is -0.666. The number of aliphatic carboxylic acids is 1. The minimum Gasteiger partial charge on any atom is -0.480 e. The molecule has 2 rings (SSSR count). The Morgan fingerprint density at radius 3 is 2.76 bits per heavy atom. The number of nitrogens with zero attached hydrogens (tertiary/aromatic N) is 1. The molecule has 1 aromatic carbocycles. The molecule has 1 aromatic rings. The minimum atomic E-state index is -0.857. The molecule has 1 heterocycles. The number of thioether (sulfide) groups is 1. The van der Waals surface area contributed by atoms with E-state index in [1.165, 1.54) is 11.8 Å². The van der Waals surface area contributed by atoms with Gasteiger partial charge in [0.15, 0.2) is 0 Å². The number of rotatable bonds is 3. The van der Waals surface area contributed by atoms with Crippen molar-refractivity contribution in [1.29, 1.82) is 5.26 Å². The molecule has 0 aromatic heterocycles. The Morgan fingerprint density at radius 2 is 2.24 bits per heavy atom. The van der Waals surface area contributed by atoms with Gasteiger partial charge in [-0.2, -0.15) is 5.26 Å². The summed E-state index contributed by atoms with van der Waals surface area (Å²) in [5.41, 5.74) is 0.922. The molecule has 0 aliphatic carbocycles. The molecule has 5 heteroatoms. The molecule has 4 nitrogen and oxygen atoms in total. The molecule has 1 aliphatic rings. The van der Waals surface area contributed by atoms with E-state index in [9.17, 15) is 10.1 Å². The van der Waals surface area contributed by atoms with Gasteiger partial charge in [0.05, 0.1) is 17.4 Å². The maximum Gasteiger partial charge on any atom is 0.321 e. The highest BCUT2D eigenvalue weighted by molar-refractivity contribution is 8.00. The third-order valence-corrected chi connectivity index (χ3v) is 4.00. The highest BCUT2D eigenvalue weighted by Gasteiger charge is 2.34. The van der Waals surface area contributed by atoms with E-state index in [1.54, 1.807) is 0 Å². The van der Waals surface area contributed by atoms with Crippen LogP contribution in [0, 0.1) is 11.3 Å². The number of nitriles is 1. The van der Waals surface area contributed by atoms with Gasteiger partial charge in [0.2, 0.25) is 0 Å². The number of benzene rings is 1. The van der Waals surface area contributed by atoms with Crippen LogP contribution in [0.15, 0.2) is 30.3 Å². The predicted molar refractivity (Wildman–Crippen MR) is 65.6 cm³/mol. The lowest BCUT2D eigenvalue weighted by atomic mass is 10.0. The summed E-state index contributed by atoms with van der Waals surface area (Å²) in [7, 11) is 0. The second-order valence-corrected chi connectivity index (χ2v) is 5.00. The van der Waals surface area contributed by atoms with Crippen LogP contribution in [0.4, 0.5) is 0 Å². The molecule has 1 saturated heterocycles. The van der Waals surface area contributed by atoms with Crippen LogP contribution in [0.2, 0.25) is 0 Å². The van der Waals surface area contributed by atoms with Gasteiger partial charge in [-0.15, -0.1) is 11.8 Å². The van der Waals surface area contributed by atoms with Crippen LogP contribution in [0.3, 0.4) is 0 Å². The van der Waals surface area contributed by atoms with Crippen LogP contribution in [-0.2, 0) is 4.79 Å². The van der Waals surface area contributed by atoms with Crippen LogP contribution < -0.4 is 5.32 Å². The van der Waals surface area contributed by atoms with Crippen LogP contribution in [-0.4, -0.2) is 28.2 Å². The summed E-state index contributed by atoms with van der Waals surface area (Å²) in [5, 5.41) is 20.9. The fourth-order valence-corrected chi connectivity index (χ4v) is 3.12. The van der Waals surface area contributed by atoms with Crippen LogP contribution in [0.1, 0.15) is 11.5 Å². The lowest BCUT2D eigenvalue weighted by molar-refractivity contribution is -0.138. The molecule has 1 fully saturated rings. The van der Waals surface area contributed by atoms with Crippen molar-refractivity contribution in [2.24, 2.45) is 0 Å². The van der Waals surface area contributed by atoms with Gasteiger partial charge in [-0.1, -0.05) is 30.3 Å². The normalized spacial score (nSPS) is 25.1. The second kappa shape index (κ2) is 5.21. The minimum absolute atomic E-state index is 0.150. The lowest BCUT2D eigenvalue weighted by Crippen LogP contribution is -2.38. The summed E-state index contributed by atoms with van der Waals surface area (Å²) in [6, 6.07) is 11.1. The maximum absolute atomic E-state index is 10.8. The summed E-state index contributed by atoms with van der Waals surface area (Å²) in [4.78, 5) is 10.8. The molecule has 0 radical (unpaired) electrons. The highest BCUT2D eigenvalue weighted by atomic mass is 32.2. The monoisotopic (exact) mass is 248 g/mol. The first-order valence-electron chi connectivity index (χ1n) is 5.27. The van der Waals surface area contributed by atoms with Crippen LogP contribution in [0.5, 0.6) is 0 Å². The van der Waals surface area contributed by atoms with E-state index in [0.717, 1.165) is 5.56 Å². The molecule has 0 spiro atoms. The van der Waals surface area contributed by atoms with Crippen LogP contribution in [0.25, 0.3) is 0 Å². The number of hydrogen-bond donors (Lipinski definition) is 2. The maximum atomic E-state index is 10.8. The van der Waals surface area contributed by atoms with E-state index in [0.29, 0.717) is 5.75 Å². The number of carboxylic acids is 1. The second-order valence-electron chi connectivity index (χ2n) is 3.83. The van der Waals surface area contributed by atoms with E-state index in [1.807, 2.05) is 30.3 Å². The first kappa shape index (κ1) is 12.0. The Balaban J connectivity index is 2.12. The average Bonchev–Trinajstić information content (AvgIpc) is 2.81. The Morgan fingerprint density at radius 1 is 1.53 bits per heavy atom. The first-order valence-corrected chi connectivity index (χ1v) is 6.32. The molecule has 3 unspecified atom stereocenters. The van der Waals surface area contributed by atoms with Crippen molar-refractivity contribution >= 4 is 17.7 Å². The molecule has 0 saturated carbocycles. The van der Waals surface area contributed by atoms with Crippen molar-refractivity contribution in [2.75, 3.05) is 5.75 Å². The van der Waals surface area contributed by atoms with Gasteiger partial charge in [0.1, 0.15) is 6.04 Å². The molecule has 2 N–H and O–H groups in total. The third kappa shape index (κ3) is 2.60. The number of nitrogens with one attached hydrogen (secondary N) is 1. The Kier molecular flexibility index (Phi) is 3.67. The summed E-state index contributed by atoms with van der Waals surface area (Å²) >= 11 is 1.49. The number of carbonyl (C=O) groups is 1. The standard InChI is InChI=1S/C12H12N2O2S/c13-6-9(8-4-2-1-3-5-8)11-14-10(7-17-11)12(15)16/h1-5,9-11,14H,7H2,(H,15,16). The van der Waals surface area contributed by atoms with E-state index in [2.05, 4.69) is 11.4 Å². The highest BCUT2D eigenvalue weighted by Crippen LogP contribution is 2.31. The first-order chi connectivity index (χ1) is 8.22. The topological polar surface area (TPSA) is 73.1 Å². The fraction of sp³-hybridized carbons (Fsp3) is 0.333.